The summed E-state index contributed by atoms with van der Waals surface area (Å²) in [6.07, 6.45) is -1.20. The number of aliphatic hydroxyl groups is 1. The van der Waals surface area contributed by atoms with Crippen LogP contribution >= 0.6 is 0 Å². The van der Waals surface area contributed by atoms with E-state index in [0.29, 0.717) is 0 Å². The van der Waals surface area contributed by atoms with Crippen molar-refractivity contribution in [2.24, 2.45) is 0 Å². The van der Waals surface area contributed by atoms with E-state index >= 15 is 0 Å². The summed E-state index contributed by atoms with van der Waals surface area (Å²) in [7, 11) is 0. The average Bonchev–Trinajstić information content (AvgIpc) is 1.96. The molecule has 13 heavy (non-hydrogen) atoms. The molecule has 0 heterocycles. The Hall–Kier alpha value is -0.810. The summed E-state index contributed by atoms with van der Waals surface area (Å²) in [6, 6.07) is -0.559. The van der Waals surface area contributed by atoms with E-state index in [1.54, 1.807) is 27.7 Å². The molecule has 2 N–H and O–H groups in total. The number of hydrogen-bond donors (Lipinski definition) is 2. The molecule has 0 saturated heterocycles. The highest BCUT2D eigenvalue weighted by atomic mass is 16.7. The van der Waals surface area contributed by atoms with Crippen molar-refractivity contribution in [2.45, 2.75) is 39.3 Å². The predicted octanol–water partition coefficient (Wildman–Crippen LogP) is 1.08. The fourth-order valence-corrected chi connectivity index (χ4v) is 0.687. The average molecular weight is 191 g/mol. The fraction of sp³-hybridized carbons (Fsp3) is 0.875. The van der Waals surface area contributed by atoms with Crippen LogP contribution in [0.25, 0.3) is 0 Å². The van der Waals surface area contributed by atoms with Crippen molar-refractivity contribution < 1.29 is 19.8 Å². The molecule has 0 aromatic carbocycles. The van der Waals surface area contributed by atoms with Crippen molar-refractivity contribution in [2.75, 3.05) is 6.61 Å². The minimum atomic E-state index is -1.20. The zero-order chi connectivity index (χ0) is 10.6. The number of amides is 1. The van der Waals surface area contributed by atoms with Crippen LogP contribution in [0.4, 0.5) is 4.79 Å². The van der Waals surface area contributed by atoms with Gasteiger partial charge in [-0.05, 0) is 27.7 Å². The Morgan fingerprint density at radius 3 is 2.23 bits per heavy atom. The van der Waals surface area contributed by atoms with Gasteiger partial charge in [0.2, 0.25) is 0 Å². The van der Waals surface area contributed by atoms with E-state index in [0.717, 1.165) is 5.06 Å². The van der Waals surface area contributed by atoms with Crippen LogP contribution in [0.5, 0.6) is 0 Å². The summed E-state index contributed by atoms with van der Waals surface area (Å²) in [5, 5.41) is 18.3. The molecule has 0 radical (unpaired) electrons. The Bertz CT molecular complexity index is 175. The number of hydrogen-bond acceptors (Lipinski definition) is 3. The molecule has 0 saturated carbocycles. The maximum absolute atomic E-state index is 10.7. The molecule has 0 bridgehead atoms. The first-order chi connectivity index (χ1) is 5.78. The van der Waals surface area contributed by atoms with Gasteiger partial charge in [-0.1, -0.05) is 0 Å². The molecule has 5 heteroatoms. The van der Waals surface area contributed by atoms with Gasteiger partial charge >= 0.3 is 6.09 Å². The molecule has 0 aromatic heterocycles. The molecular weight excluding hydrogens is 174 g/mol. The van der Waals surface area contributed by atoms with Crippen molar-refractivity contribution in [3.8, 4) is 0 Å². The first-order valence-corrected chi connectivity index (χ1v) is 4.10. The number of rotatable bonds is 3. The van der Waals surface area contributed by atoms with Gasteiger partial charge in [-0.3, -0.25) is 4.84 Å². The smallest absolute Gasteiger partial charge is 0.431 e. The van der Waals surface area contributed by atoms with Crippen molar-refractivity contribution in [1.29, 1.82) is 0 Å². The quantitative estimate of drug-likeness (QED) is 0.655. The van der Waals surface area contributed by atoms with Gasteiger partial charge in [0.15, 0.2) is 0 Å². The van der Waals surface area contributed by atoms with E-state index in [1.807, 2.05) is 0 Å². The molecule has 0 aliphatic heterocycles. The normalized spacial score (nSPS) is 13.9. The molecule has 0 fully saturated rings. The van der Waals surface area contributed by atoms with E-state index in [2.05, 4.69) is 0 Å². The van der Waals surface area contributed by atoms with Crippen LogP contribution in [0.15, 0.2) is 0 Å². The molecule has 1 unspecified atom stereocenters. The molecule has 0 aliphatic carbocycles. The van der Waals surface area contributed by atoms with Crippen LogP contribution in [-0.2, 0) is 4.84 Å². The summed E-state index contributed by atoms with van der Waals surface area (Å²) >= 11 is 0. The Morgan fingerprint density at radius 1 is 1.54 bits per heavy atom. The maximum Gasteiger partial charge on any atom is 0.431 e. The van der Waals surface area contributed by atoms with Gasteiger partial charge in [0.25, 0.3) is 0 Å². The Morgan fingerprint density at radius 2 is 2.00 bits per heavy atom. The molecule has 0 aliphatic rings. The van der Waals surface area contributed by atoms with Crippen molar-refractivity contribution in [3.63, 3.8) is 0 Å². The molecule has 0 aromatic rings. The van der Waals surface area contributed by atoms with Crippen LogP contribution in [0, 0.1) is 0 Å². The van der Waals surface area contributed by atoms with Crippen LogP contribution in [-0.4, -0.2) is 39.6 Å². The Kier molecular flexibility index (Phi) is 4.16. The largest absolute Gasteiger partial charge is 0.463 e. The van der Waals surface area contributed by atoms with Gasteiger partial charge in [0.05, 0.1) is 18.2 Å². The minimum absolute atomic E-state index is 0.262. The minimum Gasteiger partial charge on any atom is -0.463 e. The van der Waals surface area contributed by atoms with Gasteiger partial charge in [-0.25, -0.2) is 4.79 Å². The third kappa shape index (κ3) is 4.69. The topological polar surface area (TPSA) is 70.0 Å². The lowest BCUT2D eigenvalue weighted by Gasteiger charge is -2.30. The number of carboxylic acid groups (broad SMARTS) is 1. The third-order valence-corrected chi connectivity index (χ3v) is 1.23. The van der Waals surface area contributed by atoms with Gasteiger partial charge in [-0.15, -0.1) is 0 Å². The first-order valence-electron chi connectivity index (χ1n) is 4.10. The molecule has 78 valence electrons. The second-order valence-electron chi connectivity index (χ2n) is 3.84. The van der Waals surface area contributed by atoms with Crippen molar-refractivity contribution in [1.82, 2.24) is 5.06 Å². The lowest BCUT2D eigenvalue weighted by atomic mass is 10.2. The molecule has 5 nitrogen and oxygen atoms in total. The van der Waals surface area contributed by atoms with Crippen molar-refractivity contribution >= 4 is 6.09 Å². The summed E-state index contributed by atoms with van der Waals surface area (Å²) in [5.74, 6) is 0. The van der Waals surface area contributed by atoms with E-state index in [4.69, 9.17) is 15.1 Å². The van der Waals surface area contributed by atoms with Gasteiger partial charge in [-0.2, -0.15) is 5.06 Å². The second-order valence-corrected chi connectivity index (χ2v) is 3.84. The number of aliphatic hydroxyl groups excluding tert-OH is 1. The van der Waals surface area contributed by atoms with E-state index in [-0.39, 0.29) is 6.61 Å². The van der Waals surface area contributed by atoms with Crippen LogP contribution < -0.4 is 0 Å². The molecule has 1 atom stereocenters. The predicted molar refractivity (Wildman–Crippen MR) is 47.2 cm³/mol. The standard InChI is InChI=1S/C8H17NO4/c1-6(5-10)9(7(11)12)13-8(2,3)4/h6,10H,5H2,1-4H3,(H,11,12). The number of carbonyl (C=O) groups is 1. The summed E-state index contributed by atoms with van der Waals surface area (Å²) in [6.45, 7) is 6.54. The Balaban J connectivity index is 4.36. The first kappa shape index (κ1) is 12.2. The van der Waals surface area contributed by atoms with Gasteiger partial charge in [0, 0.05) is 0 Å². The lowest BCUT2D eigenvalue weighted by molar-refractivity contribution is -0.224. The molecule has 0 spiro atoms. The molecular formula is C8H17NO4. The van der Waals surface area contributed by atoms with Crippen LogP contribution in [0.2, 0.25) is 0 Å². The second kappa shape index (κ2) is 4.43. The Labute approximate surface area is 77.9 Å². The molecule has 0 rings (SSSR count). The van der Waals surface area contributed by atoms with Crippen molar-refractivity contribution in [3.05, 3.63) is 0 Å². The summed E-state index contributed by atoms with van der Waals surface area (Å²) in [5.41, 5.74) is -0.582. The van der Waals surface area contributed by atoms with E-state index in [1.165, 1.54) is 0 Å². The highest BCUT2D eigenvalue weighted by Crippen LogP contribution is 2.12. The van der Waals surface area contributed by atoms with E-state index in [9.17, 15) is 4.79 Å². The lowest BCUT2D eigenvalue weighted by Crippen LogP contribution is -2.44. The fourth-order valence-electron chi connectivity index (χ4n) is 0.687. The zero-order valence-corrected chi connectivity index (χ0v) is 8.44. The monoisotopic (exact) mass is 191 g/mol. The highest BCUT2D eigenvalue weighted by molar-refractivity contribution is 5.63. The zero-order valence-electron chi connectivity index (χ0n) is 8.44. The summed E-state index contributed by atoms with van der Waals surface area (Å²) in [4.78, 5) is 15.8. The summed E-state index contributed by atoms with van der Waals surface area (Å²) < 4.78 is 0. The molecule has 1 amide bonds. The van der Waals surface area contributed by atoms with Crippen LogP contribution in [0.1, 0.15) is 27.7 Å². The maximum atomic E-state index is 10.7. The SMILES string of the molecule is CC(CO)N(OC(C)(C)C)C(=O)O. The van der Waals surface area contributed by atoms with Crippen LogP contribution in [0.3, 0.4) is 0 Å². The number of nitrogens with zero attached hydrogens (tertiary/aromatic N) is 1. The third-order valence-electron chi connectivity index (χ3n) is 1.23. The highest BCUT2D eigenvalue weighted by Gasteiger charge is 2.25. The number of hydroxylamine groups is 2. The van der Waals surface area contributed by atoms with Gasteiger partial charge in [0.1, 0.15) is 0 Å². The van der Waals surface area contributed by atoms with Gasteiger partial charge < -0.3 is 10.2 Å². The van der Waals surface area contributed by atoms with E-state index < -0.39 is 17.7 Å².